The number of rotatable bonds is 6. The monoisotopic (exact) mass is 375 g/mol. The third kappa shape index (κ3) is 4.67. The van der Waals surface area contributed by atoms with Gasteiger partial charge < -0.3 is 14.6 Å². The maximum Gasteiger partial charge on any atom is 0.251 e. The van der Waals surface area contributed by atoms with Crippen molar-refractivity contribution in [1.29, 1.82) is 0 Å². The van der Waals surface area contributed by atoms with Crippen LogP contribution in [-0.2, 0) is 11.3 Å². The predicted molar refractivity (Wildman–Crippen MR) is 109 cm³/mol. The fourth-order valence-electron chi connectivity index (χ4n) is 3.51. The average Bonchev–Trinajstić information content (AvgIpc) is 3.26. The molecule has 0 aliphatic carbocycles. The zero-order chi connectivity index (χ0) is 19.2. The lowest BCUT2D eigenvalue weighted by atomic mass is 10.0. The van der Waals surface area contributed by atoms with Gasteiger partial charge in [-0.25, -0.2) is 4.98 Å². The van der Waals surface area contributed by atoms with E-state index in [1.165, 1.54) is 12.0 Å². The molecule has 3 aromatic rings. The van der Waals surface area contributed by atoms with Crippen LogP contribution in [-0.4, -0.2) is 34.7 Å². The van der Waals surface area contributed by atoms with Gasteiger partial charge in [0.1, 0.15) is 0 Å². The summed E-state index contributed by atoms with van der Waals surface area (Å²) in [5, 5.41) is 3.01. The first-order valence-corrected chi connectivity index (χ1v) is 9.83. The van der Waals surface area contributed by atoms with Crippen LogP contribution in [0, 0.1) is 0 Å². The number of carbonyl (C=O) groups excluding carboxylic acids is 1. The first kappa shape index (κ1) is 18.4. The van der Waals surface area contributed by atoms with E-state index in [0.29, 0.717) is 12.1 Å². The second kappa shape index (κ2) is 8.85. The van der Waals surface area contributed by atoms with Crippen molar-refractivity contribution < 1.29 is 9.53 Å². The van der Waals surface area contributed by atoms with Gasteiger partial charge >= 0.3 is 0 Å². The number of benzene rings is 2. The number of hydrogen-bond donors (Lipinski definition) is 1. The van der Waals surface area contributed by atoms with Gasteiger partial charge in [-0.1, -0.05) is 36.4 Å². The van der Waals surface area contributed by atoms with Crippen LogP contribution >= 0.6 is 0 Å². The van der Waals surface area contributed by atoms with Crippen molar-refractivity contribution in [2.75, 3.05) is 13.2 Å². The van der Waals surface area contributed by atoms with Crippen LogP contribution in [0.5, 0.6) is 0 Å². The molecular weight excluding hydrogens is 350 g/mol. The number of amides is 1. The number of aromatic nitrogens is 2. The van der Waals surface area contributed by atoms with Crippen LogP contribution in [0.4, 0.5) is 0 Å². The van der Waals surface area contributed by atoms with Crippen molar-refractivity contribution in [1.82, 2.24) is 14.9 Å². The topological polar surface area (TPSA) is 56.1 Å². The van der Waals surface area contributed by atoms with Gasteiger partial charge in [-0.05, 0) is 48.1 Å². The van der Waals surface area contributed by atoms with Crippen molar-refractivity contribution in [3.63, 3.8) is 0 Å². The molecule has 4 rings (SSSR count). The fraction of sp³-hybridized carbons (Fsp3) is 0.304. The highest BCUT2D eigenvalue weighted by molar-refractivity contribution is 5.95. The number of ether oxygens (including phenoxy) is 1. The lowest BCUT2D eigenvalue weighted by molar-refractivity contribution is 0.0169. The Labute approximate surface area is 165 Å². The molecular formula is C23H25N3O2. The molecule has 0 bridgehead atoms. The highest BCUT2D eigenvalue weighted by Crippen LogP contribution is 2.21. The standard InChI is InChI=1S/C23H25N3O2/c27-23(25-15-22-6-1-2-13-28-22)21-5-3-4-20(14-21)19-9-7-18(8-10-19)16-26-12-11-24-17-26/h3-5,7-12,14,17,22H,1-2,6,13,15-16H2,(H,25,27)/t22-/m1/s1. The highest BCUT2D eigenvalue weighted by Gasteiger charge is 2.15. The van der Waals surface area contributed by atoms with Crippen molar-refractivity contribution >= 4 is 5.91 Å². The summed E-state index contributed by atoms with van der Waals surface area (Å²) in [5.74, 6) is -0.0484. The molecule has 5 nitrogen and oxygen atoms in total. The maximum atomic E-state index is 12.5. The van der Waals surface area contributed by atoms with Gasteiger partial charge in [0.2, 0.25) is 0 Å². The second-order valence-corrected chi connectivity index (χ2v) is 7.21. The first-order valence-electron chi connectivity index (χ1n) is 9.83. The molecule has 1 aromatic heterocycles. The van der Waals surface area contributed by atoms with Gasteiger partial charge in [0, 0.05) is 37.7 Å². The first-order chi connectivity index (χ1) is 13.8. The minimum atomic E-state index is -0.0484. The van der Waals surface area contributed by atoms with Gasteiger partial charge in [0.25, 0.3) is 5.91 Å². The lowest BCUT2D eigenvalue weighted by Gasteiger charge is -2.22. The molecule has 0 radical (unpaired) electrons. The summed E-state index contributed by atoms with van der Waals surface area (Å²) in [5.41, 5.74) is 4.02. The third-order valence-electron chi connectivity index (χ3n) is 5.10. The molecule has 2 heterocycles. The van der Waals surface area contributed by atoms with Crippen LogP contribution in [0.1, 0.15) is 35.2 Å². The smallest absolute Gasteiger partial charge is 0.251 e. The molecule has 0 spiro atoms. The Morgan fingerprint density at radius 3 is 2.79 bits per heavy atom. The van der Waals surface area contributed by atoms with Crippen LogP contribution < -0.4 is 5.32 Å². The summed E-state index contributed by atoms with van der Waals surface area (Å²) in [6, 6.07) is 16.2. The number of carbonyl (C=O) groups is 1. The number of imidazole rings is 1. The quantitative estimate of drug-likeness (QED) is 0.711. The van der Waals surface area contributed by atoms with Crippen molar-refractivity contribution in [3.05, 3.63) is 78.4 Å². The summed E-state index contributed by atoms with van der Waals surface area (Å²) >= 11 is 0. The zero-order valence-corrected chi connectivity index (χ0v) is 15.9. The van der Waals surface area contributed by atoms with Crippen LogP contribution in [0.25, 0.3) is 11.1 Å². The Morgan fingerprint density at radius 2 is 2.04 bits per heavy atom. The van der Waals surface area contributed by atoms with E-state index in [0.717, 1.165) is 37.1 Å². The van der Waals surface area contributed by atoms with E-state index >= 15 is 0 Å². The molecule has 0 saturated carbocycles. The summed E-state index contributed by atoms with van der Waals surface area (Å²) in [6.45, 7) is 2.17. The van der Waals surface area contributed by atoms with Gasteiger partial charge in [-0.2, -0.15) is 0 Å². The van der Waals surface area contributed by atoms with Crippen LogP contribution in [0.15, 0.2) is 67.3 Å². The lowest BCUT2D eigenvalue weighted by Crippen LogP contribution is -2.35. The Kier molecular flexibility index (Phi) is 5.83. The van der Waals surface area contributed by atoms with E-state index in [9.17, 15) is 4.79 Å². The van der Waals surface area contributed by atoms with Gasteiger partial charge in [0.05, 0.1) is 12.4 Å². The van der Waals surface area contributed by atoms with E-state index in [4.69, 9.17) is 4.74 Å². The van der Waals surface area contributed by atoms with E-state index in [2.05, 4.69) is 34.6 Å². The normalized spacial score (nSPS) is 16.6. The maximum absolute atomic E-state index is 12.5. The van der Waals surface area contributed by atoms with Gasteiger partial charge in [-0.15, -0.1) is 0 Å². The highest BCUT2D eigenvalue weighted by atomic mass is 16.5. The molecule has 1 fully saturated rings. The van der Waals surface area contributed by atoms with Crippen molar-refractivity contribution in [2.24, 2.45) is 0 Å². The molecule has 144 valence electrons. The summed E-state index contributed by atoms with van der Waals surface area (Å²) < 4.78 is 7.72. The molecule has 2 aromatic carbocycles. The molecule has 1 saturated heterocycles. The Hall–Kier alpha value is -2.92. The third-order valence-corrected chi connectivity index (χ3v) is 5.10. The van der Waals surface area contributed by atoms with Gasteiger partial charge in [-0.3, -0.25) is 4.79 Å². The van der Waals surface area contributed by atoms with E-state index in [1.54, 1.807) is 6.20 Å². The molecule has 5 heteroatoms. The average molecular weight is 375 g/mol. The summed E-state index contributed by atoms with van der Waals surface area (Å²) in [6.07, 6.45) is 9.00. The summed E-state index contributed by atoms with van der Waals surface area (Å²) in [4.78, 5) is 16.6. The zero-order valence-electron chi connectivity index (χ0n) is 15.9. The predicted octanol–water partition coefficient (Wildman–Crippen LogP) is 3.90. The second-order valence-electron chi connectivity index (χ2n) is 7.21. The number of nitrogens with zero attached hydrogens (tertiary/aromatic N) is 2. The summed E-state index contributed by atoms with van der Waals surface area (Å²) in [7, 11) is 0. The minimum Gasteiger partial charge on any atom is -0.376 e. The number of nitrogens with one attached hydrogen (secondary N) is 1. The Balaban J connectivity index is 1.40. The van der Waals surface area contributed by atoms with E-state index < -0.39 is 0 Å². The van der Waals surface area contributed by atoms with Crippen molar-refractivity contribution in [3.8, 4) is 11.1 Å². The molecule has 1 atom stereocenters. The number of hydrogen-bond acceptors (Lipinski definition) is 3. The van der Waals surface area contributed by atoms with Crippen LogP contribution in [0.3, 0.4) is 0 Å². The van der Waals surface area contributed by atoms with Crippen LogP contribution in [0.2, 0.25) is 0 Å². The van der Waals surface area contributed by atoms with E-state index in [1.807, 2.05) is 41.4 Å². The van der Waals surface area contributed by atoms with E-state index in [-0.39, 0.29) is 12.0 Å². The molecule has 1 aliphatic rings. The molecule has 28 heavy (non-hydrogen) atoms. The Morgan fingerprint density at radius 1 is 1.14 bits per heavy atom. The SMILES string of the molecule is O=C(NC[C@H]1CCCCO1)c1cccc(-c2ccc(Cn3ccnc3)cc2)c1. The largest absolute Gasteiger partial charge is 0.376 e. The minimum absolute atomic E-state index is 0.0484. The molecule has 1 amide bonds. The molecule has 0 unspecified atom stereocenters. The van der Waals surface area contributed by atoms with Gasteiger partial charge in [0.15, 0.2) is 0 Å². The van der Waals surface area contributed by atoms with Crippen molar-refractivity contribution in [2.45, 2.75) is 31.9 Å². The molecule has 1 aliphatic heterocycles. The fourth-order valence-corrected chi connectivity index (χ4v) is 3.51. The Bertz CT molecular complexity index is 898. The molecule has 1 N–H and O–H groups in total.